The first kappa shape index (κ1) is 25.0. The fourth-order valence-corrected chi connectivity index (χ4v) is 6.07. The van der Waals surface area contributed by atoms with Gasteiger partial charge >= 0.3 is 0 Å². The maximum absolute atomic E-state index is 5.87. The molecule has 4 heteroatoms. The van der Waals surface area contributed by atoms with Crippen LogP contribution in [0.4, 0.5) is 0 Å². The molecule has 3 rings (SSSR count). The standard InChI is InChI=1S/C28H30Br2OS/c1-2-3-4-5-6-7-20-31-26-18-15-24(16-19-26)13-10-22-8-11-23(12-9-22)14-17-25-21-27(29)32-28(25)30/h8-19,21H,2-7,20H2,1H3/b13-10+,17-14+. The minimum atomic E-state index is 0.808. The predicted octanol–water partition coefficient (Wildman–Crippen LogP) is 10.4. The molecule has 0 fully saturated rings. The lowest BCUT2D eigenvalue weighted by atomic mass is 10.1. The maximum atomic E-state index is 5.87. The van der Waals surface area contributed by atoms with E-state index in [9.17, 15) is 0 Å². The van der Waals surface area contributed by atoms with Crippen molar-refractivity contribution in [1.29, 1.82) is 0 Å². The molecule has 32 heavy (non-hydrogen) atoms. The zero-order chi connectivity index (χ0) is 22.6. The number of hydrogen-bond acceptors (Lipinski definition) is 2. The SMILES string of the molecule is CCCCCCCCOc1ccc(/C=C/c2ccc(/C=C/c3cc(Br)sc3Br)cc2)cc1. The van der Waals surface area contributed by atoms with Gasteiger partial charge in [0, 0.05) is 5.56 Å². The molecule has 0 atom stereocenters. The summed E-state index contributed by atoms with van der Waals surface area (Å²) in [5, 5.41) is 0. The van der Waals surface area contributed by atoms with Crippen LogP contribution < -0.4 is 4.74 Å². The molecule has 0 amide bonds. The van der Waals surface area contributed by atoms with Crippen LogP contribution in [0, 0.1) is 0 Å². The fraction of sp³-hybridized carbons (Fsp3) is 0.286. The van der Waals surface area contributed by atoms with E-state index >= 15 is 0 Å². The van der Waals surface area contributed by atoms with Crippen molar-refractivity contribution in [2.24, 2.45) is 0 Å². The molecular formula is C28H30Br2OS. The van der Waals surface area contributed by atoms with Gasteiger partial charge in [-0.25, -0.2) is 0 Å². The average Bonchev–Trinajstić information content (AvgIpc) is 3.14. The van der Waals surface area contributed by atoms with Crippen molar-refractivity contribution < 1.29 is 4.74 Å². The molecule has 1 heterocycles. The number of thiophene rings is 1. The number of ether oxygens (including phenoxy) is 1. The molecule has 0 bridgehead atoms. The highest BCUT2D eigenvalue weighted by Gasteiger charge is 2.01. The summed E-state index contributed by atoms with van der Waals surface area (Å²) in [6.45, 7) is 3.06. The van der Waals surface area contributed by atoms with Gasteiger partial charge in [0.2, 0.25) is 0 Å². The van der Waals surface area contributed by atoms with Crippen molar-refractivity contribution >= 4 is 67.5 Å². The molecule has 168 valence electrons. The number of hydrogen-bond donors (Lipinski definition) is 0. The Hall–Kier alpha value is -1.62. The molecule has 0 aliphatic carbocycles. The summed E-state index contributed by atoms with van der Waals surface area (Å²) >= 11 is 8.80. The largest absolute Gasteiger partial charge is 0.494 e. The van der Waals surface area contributed by atoms with Gasteiger partial charge in [-0.2, -0.15) is 0 Å². The molecule has 0 spiro atoms. The lowest BCUT2D eigenvalue weighted by molar-refractivity contribution is 0.304. The van der Waals surface area contributed by atoms with Crippen LogP contribution in [-0.2, 0) is 0 Å². The van der Waals surface area contributed by atoms with Crippen molar-refractivity contribution in [3.8, 4) is 5.75 Å². The van der Waals surface area contributed by atoms with E-state index in [0.717, 1.165) is 26.4 Å². The van der Waals surface area contributed by atoms with Crippen LogP contribution in [0.2, 0.25) is 0 Å². The van der Waals surface area contributed by atoms with Gasteiger partial charge < -0.3 is 4.74 Å². The molecule has 0 saturated heterocycles. The van der Waals surface area contributed by atoms with Gasteiger partial charge in [0.05, 0.1) is 14.2 Å². The maximum Gasteiger partial charge on any atom is 0.119 e. The summed E-state index contributed by atoms with van der Waals surface area (Å²) < 4.78 is 8.14. The second-order valence-electron chi connectivity index (χ2n) is 7.80. The number of halogens is 2. The number of unbranched alkanes of at least 4 members (excludes halogenated alkanes) is 5. The zero-order valence-electron chi connectivity index (χ0n) is 18.5. The van der Waals surface area contributed by atoms with E-state index in [1.807, 2.05) is 0 Å². The highest BCUT2D eigenvalue weighted by atomic mass is 79.9. The lowest BCUT2D eigenvalue weighted by Crippen LogP contribution is -1.97. The molecule has 0 aliphatic rings. The predicted molar refractivity (Wildman–Crippen MR) is 149 cm³/mol. The smallest absolute Gasteiger partial charge is 0.119 e. The third-order valence-corrected chi connectivity index (χ3v) is 7.58. The van der Waals surface area contributed by atoms with Crippen molar-refractivity contribution in [3.63, 3.8) is 0 Å². The van der Waals surface area contributed by atoms with Crippen molar-refractivity contribution in [3.05, 3.63) is 84.4 Å². The van der Waals surface area contributed by atoms with Gasteiger partial charge in [0.15, 0.2) is 0 Å². The van der Waals surface area contributed by atoms with Gasteiger partial charge in [-0.05, 0) is 73.2 Å². The fourth-order valence-electron chi connectivity index (χ4n) is 3.31. The van der Waals surface area contributed by atoms with Gasteiger partial charge in [-0.1, -0.05) is 99.7 Å². The van der Waals surface area contributed by atoms with Crippen LogP contribution in [0.25, 0.3) is 24.3 Å². The Labute approximate surface area is 213 Å². The van der Waals surface area contributed by atoms with Crippen LogP contribution in [-0.4, -0.2) is 6.61 Å². The zero-order valence-corrected chi connectivity index (χ0v) is 22.5. The average molecular weight is 574 g/mol. The van der Waals surface area contributed by atoms with Gasteiger partial charge in [0.25, 0.3) is 0 Å². The molecule has 0 saturated carbocycles. The summed E-state index contributed by atoms with van der Waals surface area (Å²) in [5.74, 6) is 0.955. The Kier molecular flexibility index (Phi) is 10.8. The lowest BCUT2D eigenvalue weighted by Gasteiger charge is -2.06. The summed E-state index contributed by atoms with van der Waals surface area (Å²) in [7, 11) is 0. The van der Waals surface area contributed by atoms with E-state index in [0.29, 0.717) is 0 Å². The van der Waals surface area contributed by atoms with Crippen LogP contribution in [0.5, 0.6) is 5.75 Å². The summed E-state index contributed by atoms with van der Waals surface area (Å²) in [6.07, 6.45) is 16.3. The number of benzene rings is 2. The van der Waals surface area contributed by atoms with Crippen LogP contribution in [0.1, 0.15) is 67.7 Å². The third-order valence-electron chi connectivity index (χ3n) is 5.19. The van der Waals surface area contributed by atoms with Gasteiger partial charge in [-0.3, -0.25) is 0 Å². The molecule has 3 aromatic rings. The van der Waals surface area contributed by atoms with E-state index in [-0.39, 0.29) is 0 Å². The Bertz CT molecular complexity index is 1000. The minimum absolute atomic E-state index is 0.808. The quantitative estimate of drug-likeness (QED) is 0.155. The summed E-state index contributed by atoms with van der Waals surface area (Å²) in [6, 6.07) is 19.0. The van der Waals surface area contributed by atoms with E-state index in [4.69, 9.17) is 4.74 Å². The molecule has 0 N–H and O–H groups in total. The molecular weight excluding hydrogens is 544 g/mol. The summed E-state index contributed by atoms with van der Waals surface area (Å²) in [4.78, 5) is 0. The van der Waals surface area contributed by atoms with Gasteiger partial charge in [0.1, 0.15) is 5.75 Å². The second-order valence-corrected chi connectivity index (χ2v) is 11.5. The Morgan fingerprint density at radius 2 is 1.25 bits per heavy atom. The second kappa shape index (κ2) is 13.8. The third kappa shape index (κ3) is 8.73. The first-order valence-corrected chi connectivity index (χ1v) is 13.7. The van der Waals surface area contributed by atoms with Crippen molar-refractivity contribution in [2.75, 3.05) is 6.61 Å². The topological polar surface area (TPSA) is 9.23 Å². The van der Waals surface area contributed by atoms with E-state index in [1.54, 1.807) is 11.3 Å². The van der Waals surface area contributed by atoms with Gasteiger partial charge in [-0.15, -0.1) is 11.3 Å². The Balaban J connectivity index is 1.45. The molecule has 0 aliphatic heterocycles. The Morgan fingerprint density at radius 3 is 1.81 bits per heavy atom. The molecule has 2 aromatic carbocycles. The van der Waals surface area contributed by atoms with Crippen LogP contribution in [0.3, 0.4) is 0 Å². The van der Waals surface area contributed by atoms with Crippen LogP contribution >= 0.6 is 43.2 Å². The molecule has 0 radical (unpaired) electrons. The van der Waals surface area contributed by atoms with E-state index in [1.165, 1.54) is 54.4 Å². The Morgan fingerprint density at radius 1 is 0.719 bits per heavy atom. The normalized spacial score (nSPS) is 11.6. The monoisotopic (exact) mass is 572 g/mol. The highest BCUT2D eigenvalue weighted by Crippen LogP contribution is 2.33. The molecule has 1 aromatic heterocycles. The van der Waals surface area contributed by atoms with E-state index in [2.05, 4.69) is 118 Å². The first-order chi connectivity index (χ1) is 15.6. The van der Waals surface area contributed by atoms with Crippen LogP contribution in [0.15, 0.2) is 62.2 Å². The van der Waals surface area contributed by atoms with Crippen molar-refractivity contribution in [2.45, 2.75) is 45.4 Å². The van der Waals surface area contributed by atoms with Crippen molar-refractivity contribution in [1.82, 2.24) is 0 Å². The minimum Gasteiger partial charge on any atom is -0.494 e. The first-order valence-electron chi connectivity index (χ1n) is 11.3. The number of rotatable bonds is 12. The summed E-state index contributed by atoms with van der Waals surface area (Å²) in [5.41, 5.74) is 4.73. The van der Waals surface area contributed by atoms with E-state index < -0.39 is 0 Å². The highest BCUT2D eigenvalue weighted by molar-refractivity contribution is 9.12. The molecule has 0 unspecified atom stereocenters. The molecule has 1 nitrogen and oxygen atoms in total.